The van der Waals surface area contributed by atoms with Crippen LogP contribution >= 0.6 is 0 Å². The summed E-state index contributed by atoms with van der Waals surface area (Å²) in [5.74, 6) is 0.569. The fourth-order valence-corrected chi connectivity index (χ4v) is 3.54. The Balaban J connectivity index is 2.44. The smallest absolute Gasteiger partial charge is 0.408 e. The third kappa shape index (κ3) is 8.17. The molecule has 1 amide bonds. The first-order chi connectivity index (χ1) is 17.9. The zero-order valence-electron chi connectivity index (χ0n) is 23.2. The lowest BCUT2D eigenvalue weighted by Crippen LogP contribution is -2.48. The second-order valence-electron chi connectivity index (χ2n) is 9.64. The van der Waals surface area contributed by atoms with Crippen LogP contribution in [0.5, 0.6) is 23.0 Å². The predicted octanol–water partition coefficient (Wildman–Crippen LogP) is 5.51. The number of nitriles is 1. The number of esters is 1. The molecule has 0 aliphatic carbocycles. The van der Waals surface area contributed by atoms with E-state index in [4.69, 9.17) is 23.7 Å². The van der Waals surface area contributed by atoms with E-state index in [1.165, 1.54) is 13.2 Å². The molecule has 9 nitrogen and oxygen atoms in total. The lowest BCUT2D eigenvalue weighted by Gasteiger charge is -2.25. The second kappa shape index (κ2) is 13.4. The Bertz CT molecular complexity index is 1210. The van der Waals surface area contributed by atoms with Crippen molar-refractivity contribution in [3.63, 3.8) is 0 Å². The standard InChI is InChI=1S/C29H36N2O7/c1-9-36-24-16-19(10-12-22(24)34-7)21(14-15-30)20-11-13-23(35-8)25(17-20)37-27(32)26(18(2)3)31-28(33)38-29(4,5)6/h10-14,16-18,26H,9H2,1-8H3,(H,31,33). The van der Waals surface area contributed by atoms with E-state index >= 15 is 0 Å². The van der Waals surface area contributed by atoms with Gasteiger partial charge in [0.25, 0.3) is 0 Å². The average molecular weight is 525 g/mol. The maximum Gasteiger partial charge on any atom is 0.408 e. The highest BCUT2D eigenvalue weighted by molar-refractivity contribution is 5.86. The summed E-state index contributed by atoms with van der Waals surface area (Å²) >= 11 is 0. The van der Waals surface area contributed by atoms with Gasteiger partial charge in [0.1, 0.15) is 11.6 Å². The molecule has 0 spiro atoms. The minimum absolute atomic E-state index is 0.133. The highest BCUT2D eigenvalue weighted by Gasteiger charge is 2.29. The number of carbonyl (C=O) groups excluding carboxylic acids is 2. The summed E-state index contributed by atoms with van der Waals surface area (Å²) in [6.07, 6.45) is 0.670. The third-order valence-electron chi connectivity index (χ3n) is 5.26. The molecule has 0 radical (unpaired) electrons. The third-order valence-corrected chi connectivity index (χ3v) is 5.26. The van der Waals surface area contributed by atoms with Crippen molar-refractivity contribution in [1.82, 2.24) is 5.32 Å². The number of nitrogens with zero attached hydrogens (tertiary/aromatic N) is 1. The van der Waals surface area contributed by atoms with Crippen LogP contribution in [-0.2, 0) is 9.53 Å². The first kappa shape index (κ1) is 30.0. The Hall–Kier alpha value is -4.19. The molecule has 2 aromatic rings. The molecule has 0 heterocycles. The maximum atomic E-state index is 13.1. The van der Waals surface area contributed by atoms with Gasteiger partial charge in [-0.2, -0.15) is 5.26 Å². The quantitative estimate of drug-likeness (QED) is 0.246. The van der Waals surface area contributed by atoms with E-state index in [2.05, 4.69) is 11.4 Å². The lowest BCUT2D eigenvalue weighted by molar-refractivity contribution is -0.138. The largest absolute Gasteiger partial charge is 0.493 e. The number of benzene rings is 2. The molecular weight excluding hydrogens is 488 g/mol. The summed E-state index contributed by atoms with van der Waals surface area (Å²) in [5, 5.41) is 12.1. The van der Waals surface area contributed by atoms with Crippen LogP contribution in [0.2, 0.25) is 0 Å². The summed E-state index contributed by atoms with van der Waals surface area (Å²) < 4.78 is 27.5. The molecule has 1 unspecified atom stereocenters. The van der Waals surface area contributed by atoms with Crippen molar-refractivity contribution in [2.45, 2.75) is 53.2 Å². The van der Waals surface area contributed by atoms with Gasteiger partial charge in [0.05, 0.1) is 26.9 Å². The van der Waals surface area contributed by atoms with Crippen LogP contribution in [-0.4, -0.2) is 44.5 Å². The molecule has 0 aliphatic rings. The van der Waals surface area contributed by atoms with Crippen molar-refractivity contribution >= 4 is 17.6 Å². The molecule has 38 heavy (non-hydrogen) atoms. The Morgan fingerprint density at radius 2 is 1.53 bits per heavy atom. The Morgan fingerprint density at radius 3 is 2.00 bits per heavy atom. The molecule has 2 rings (SSSR count). The molecule has 0 fully saturated rings. The number of methoxy groups -OCH3 is 2. The van der Waals surface area contributed by atoms with E-state index in [0.29, 0.717) is 40.6 Å². The van der Waals surface area contributed by atoms with Crippen molar-refractivity contribution < 1.29 is 33.3 Å². The van der Waals surface area contributed by atoms with E-state index in [1.54, 1.807) is 78.1 Å². The fourth-order valence-electron chi connectivity index (χ4n) is 3.54. The number of amides is 1. The molecule has 1 N–H and O–H groups in total. The SMILES string of the molecule is CCOc1cc(C(=CC#N)c2ccc(OC)c(OC(=O)C(NC(=O)OC(C)(C)C)C(C)C)c2)ccc1OC. The Kier molecular flexibility index (Phi) is 10.6. The Morgan fingerprint density at radius 1 is 0.974 bits per heavy atom. The van der Waals surface area contributed by atoms with Crippen molar-refractivity contribution in [3.8, 4) is 29.1 Å². The molecule has 2 aromatic carbocycles. The maximum absolute atomic E-state index is 13.1. The van der Waals surface area contributed by atoms with Crippen LogP contribution in [0.3, 0.4) is 0 Å². The Labute approximate surface area is 224 Å². The first-order valence-electron chi connectivity index (χ1n) is 12.2. The predicted molar refractivity (Wildman–Crippen MR) is 143 cm³/mol. The van der Waals surface area contributed by atoms with Crippen LogP contribution in [0.25, 0.3) is 5.57 Å². The fraction of sp³-hybridized carbons (Fsp3) is 0.414. The van der Waals surface area contributed by atoms with Gasteiger partial charge in [-0.15, -0.1) is 0 Å². The van der Waals surface area contributed by atoms with Gasteiger partial charge in [0.15, 0.2) is 23.0 Å². The van der Waals surface area contributed by atoms with Crippen molar-refractivity contribution in [3.05, 3.63) is 53.6 Å². The monoisotopic (exact) mass is 524 g/mol. The van der Waals surface area contributed by atoms with E-state index in [0.717, 1.165) is 0 Å². The zero-order valence-corrected chi connectivity index (χ0v) is 23.2. The minimum atomic E-state index is -0.970. The van der Waals surface area contributed by atoms with Gasteiger partial charge in [-0.1, -0.05) is 26.0 Å². The van der Waals surface area contributed by atoms with Gasteiger partial charge in [0, 0.05) is 6.08 Å². The number of nitrogens with one attached hydrogen (secondary N) is 1. The van der Waals surface area contributed by atoms with E-state index in [-0.39, 0.29) is 11.7 Å². The van der Waals surface area contributed by atoms with Gasteiger partial charge < -0.3 is 29.0 Å². The van der Waals surface area contributed by atoms with Crippen molar-refractivity contribution in [2.24, 2.45) is 5.92 Å². The van der Waals surface area contributed by atoms with Gasteiger partial charge in [-0.05, 0) is 74.6 Å². The molecular formula is C29H36N2O7. The molecule has 204 valence electrons. The molecule has 0 saturated heterocycles. The van der Waals surface area contributed by atoms with Gasteiger partial charge in [-0.25, -0.2) is 9.59 Å². The van der Waals surface area contributed by atoms with E-state index < -0.39 is 23.7 Å². The number of hydrogen-bond acceptors (Lipinski definition) is 8. The number of hydrogen-bond donors (Lipinski definition) is 1. The molecule has 0 aromatic heterocycles. The topological polar surface area (TPSA) is 116 Å². The van der Waals surface area contributed by atoms with Gasteiger partial charge in [0.2, 0.25) is 0 Å². The number of ether oxygens (including phenoxy) is 5. The highest BCUT2D eigenvalue weighted by Crippen LogP contribution is 2.36. The summed E-state index contributed by atoms with van der Waals surface area (Å²) in [6, 6.07) is 11.4. The molecule has 0 aliphatic heterocycles. The number of carbonyl (C=O) groups is 2. The van der Waals surface area contributed by atoms with Crippen molar-refractivity contribution in [1.29, 1.82) is 5.26 Å². The number of allylic oxidation sites excluding steroid dienone is 1. The van der Waals surface area contributed by atoms with Crippen LogP contribution < -0.4 is 24.3 Å². The number of rotatable bonds is 10. The normalized spacial score (nSPS) is 12.3. The minimum Gasteiger partial charge on any atom is -0.493 e. The van der Waals surface area contributed by atoms with Gasteiger partial charge in [-0.3, -0.25) is 0 Å². The van der Waals surface area contributed by atoms with E-state index in [1.807, 2.05) is 6.92 Å². The summed E-state index contributed by atoms with van der Waals surface area (Å²) in [4.78, 5) is 25.5. The summed E-state index contributed by atoms with van der Waals surface area (Å²) in [7, 11) is 3.00. The molecule has 9 heteroatoms. The number of alkyl carbamates (subject to hydrolysis) is 1. The summed E-state index contributed by atoms with van der Waals surface area (Å²) in [5.41, 5.74) is 1.15. The summed E-state index contributed by atoms with van der Waals surface area (Å²) in [6.45, 7) is 11.1. The van der Waals surface area contributed by atoms with Crippen LogP contribution in [0.15, 0.2) is 42.5 Å². The first-order valence-corrected chi connectivity index (χ1v) is 12.2. The molecule has 1 atom stereocenters. The molecule has 0 bridgehead atoms. The van der Waals surface area contributed by atoms with Crippen LogP contribution in [0, 0.1) is 17.2 Å². The zero-order chi connectivity index (χ0) is 28.5. The lowest BCUT2D eigenvalue weighted by atomic mass is 9.96. The van der Waals surface area contributed by atoms with E-state index in [9.17, 15) is 14.9 Å². The second-order valence-corrected chi connectivity index (χ2v) is 9.64. The average Bonchev–Trinajstić information content (AvgIpc) is 2.84. The van der Waals surface area contributed by atoms with Crippen molar-refractivity contribution in [2.75, 3.05) is 20.8 Å². The van der Waals surface area contributed by atoms with Crippen LogP contribution in [0.4, 0.5) is 4.79 Å². The molecule has 0 saturated carbocycles. The highest BCUT2D eigenvalue weighted by atomic mass is 16.6. The van der Waals surface area contributed by atoms with Gasteiger partial charge >= 0.3 is 12.1 Å². The van der Waals surface area contributed by atoms with Crippen LogP contribution in [0.1, 0.15) is 52.7 Å².